The van der Waals surface area contributed by atoms with Crippen LogP contribution in [0.5, 0.6) is 0 Å². The third kappa shape index (κ3) is 3.57. The summed E-state index contributed by atoms with van der Waals surface area (Å²) in [6.45, 7) is 9.07. The van der Waals surface area contributed by atoms with E-state index in [0.717, 1.165) is 30.6 Å². The van der Waals surface area contributed by atoms with Crippen LogP contribution < -0.4 is 10.6 Å². The number of amides is 4. The number of nitrogens with one attached hydrogen (secondary N) is 2. The van der Waals surface area contributed by atoms with Crippen LogP contribution >= 0.6 is 0 Å². The van der Waals surface area contributed by atoms with Crippen LogP contribution in [0.4, 0.5) is 4.79 Å². The molecule has 6 nitrogen and oxygen atoms in total. The average molecular weight is 337 g/mol. The van der Waals surface area contributed by atoms with Crippen LogP contribution in [0, 0.1) is 11.3 Å². The lowest BCUT2D eigenvalue weighted by Crippen LogP contribution is -2.51. The van der Waals surface area contributed by atoms with E-state index in [2.05, 4.69) is 31.4 Å². The van der Waals surface area contributed by atoms with Crippen LogP contribution in [0.1, 0.15) is 66.2 Å². The van der Waals surface area contributed by atoms with Crippen molar-refractivity contribution < 1.29 is 14.4 Å². The maximum absolute atomic E-state index is 12.8. The van der Waals surface area contributed by atoms with Gasteiger partial charge in [-0.25, -0.2) is 4.79 Å². The topological polar surface area (TPSA) is 78.5 Å². The smallest absolute Gasteiger partial charge is 0.325 e. The fourth-order valence-corrected chi connectivity index (χ4v) is 3.80. The van der Waals surface area contributed by atoms with E-state index in [1.165, 1.54) is 0 Å². The SMILES string of the molecule is CCCNC(=O)CN1C(=O)NC2(CCC(C(C)(C)CC)CC2)C1=O. The Labute approximate surface area is 144 Å². The second-order valence-electron chi connectivity index (χ2n) is 7.87. The van der Waals surface area contributed by atoms with Gasteiger partial charge in [-0.3, -0.25) is 14.5 Å². The monoisotopic (exact) mass is 337 g/mol. The highest BCUT2D eigenvalue weighted by Crippen LogP contribution is 2.45. The minimum atomic E-state index is -0.789. The molecule has 1 saturated carbocycles. The molecule has 24 heavy (non-hydrogen) atoms. The first-order valence-corrected chi connectivity index (χ1v) is 9.16. The maximum Gasteiger partial charge on any atom is 0.325 e. The molecule has 2 N–H and O–H groups in total. The second kappa shape index (κ2) is 7.11. The number of hydrogen-bond donors (Lipinski definition) is 2. The van der Waals surface area contributed by atoms with E-state index in [-0.39, 0.29) is 23.8 Å². The largest absolute Gasteiger partial charge is 0.355 e. The lowest BCUT2D eigenvalue weighted by atomic mass is 9.65. The lowest BCUT2D eigenvalue weighted by Gasteiger charge is -2.42. The van der Waals surface area contributed by atoms with Crippen molar-refractivity contribution in [3.05, 3.63) is 0 Å². The van der Waals surface area contributed by atoms with Gasteiger partial charge in [0, 0.05) is 6.54 Å². The average Bonchev–Trinajstić information content (AvgIpc) is 2.77. The Morgan fingerprint density at radius 1 is 1.29 bits per heavy atom. The molecular formula is C18H31N3O3. The van der Waals surface area contributed by atoms with Gasteiger partial charge in [0.1, 0.15) is 12.1 Å². The molecule has 0 aromatic heterocycles. The Morgan fingerprint density at radius 2 is 1.92 bits per heavy atom. The maximum atomic E-state index is 12.8. The summed E-state index contributed by atoms with van der Waals surface area (Å²) < 4.78 is 0. The molecule has 0 atom stereocenters. The van der Waals surface area contributed by atoms with Crippen molar-refractivity contribution in [2.75, 3.05) is 13.1 Å². The van der Waals surface area contributed by atoms with Gasteiger partial charge in [0.2, 0.25) is 5.91 Å². The van der Waals surface area contributed by atoms with Gasteiger partial charge in [0.05, 0.1) is 0 Å². The Hall–Kier alpha value is -1.59. The number of carbonyl (C=O) groups excluding carboxylic acids is 3. The predicted molar refractivity (Wildman–Crippen MR) is 92.3 cm³/mol. The Kier molecular flexibility index (Phi) is 5.56. The quantitative estimate of drug-likeness (QED) is 0.731. The van der Waals surface area contributed by atoms with Crippen molar-refractivity contribution in [2.24, 2.45) is 11.3 Å². The molecule has 1 aliphatic carbocycles. The van der Waals surface area contributed by atoms with E-state index in [1.807, 2.05) is 6.92 Å². The highest BCUT2D eigenvalue weighted by molar-refractivity contribution is 6.09. The van der Waals surface area contributed by atoms with E-state index >= 15 is 0 Å². The van der Waals surface area contributed by atoms with Crippen molar-refractivity contribution in [1.82, 2.24) is 15.5 Å². The Morgan fingerprint density at radius 3 is 2.46 bits per heavy atom. The van der Waals surface area contributed by atoms with Gasteiger partial charge in [-0.1, -0.05) is 34.1 Å². The number of nitrogens with zero attached hydrogens (tertiary/aromatic N) is 1. The Balaban J connectivity index is 2.00. The fraction of sp³-hybridized carbons (Fsp3) is 0.833. The number of hydrogen-bond acceptors (Lipinski definition) is 3. The molecule has 0 radical (unpaired) electrons. The van der Waals surface area contributed by atoms with Crippen LogP contribution in [0.2, 0.25) is 0 Å². The summed E-state index contributed by atoms with van der Waals surface area (Å²) in [5, 5.41) is 5.59. The third-order valence-electron chi connectivity index (χ3n) is 5.98. The highest BCUT2D eigenvalue weighted by Gasteiger charge is 2.53. The van der Waals surface area contributed by atoms with Gasteiger partial charge in [-0.2, -0.15) is 0 Å². The van der Waals surface area contributed by atoms with E-state index in [0.29, 0.717) is 25.3 Å². The van der Waals surface area contributed by atoms with Gasteiger partial charge in [0.15, 0.2) is 0 Å². The number of imide groups is 1. The Bertz CT molecular complexity index is 508. The number of rotatable bonds is 6. The fourth-order valence-electron chi connectivity index (χ4n) is 3.80. The van der Waals surface area contributed by atoms with Gasteiger partial charge in [-0.05, 0) is 43.4 Å². The summed E-state index contributed by atoms with van der Waals surface area (Å²) in [5.74, 6) is 0.0600. The molecule has 136 valence electrons. The van der Waals surface area contributed by atoms with Crippen LogP contribution in [-0.4, -0.2) is 41.4 Å². The first-order chi connectivity index (χ1) is 11.3. The second-order valence-corrected chi connectivity index (χ2v) is 7.87. The van der Waals surface area contributed by atoms with Gasteiger partial charge in [0.25, 0.3) is 5.91 Å². The van der Waals surface area contributed by atoms with Gasteiger partial charge in [-0.15, -0.1) is 0 Å². The number of carbonyl (C=O) groups is 3. The van der Waals surface area contributed by atoms with E-state index in [9.17, 15) is 14.4 Å². The van der Waals surface area contributed by atoms with Crippen LogP contribution in [-0.2, 0) is 9.59 Å². The summed E-state index contributed by atoms with van der Waals surface area (Å²) in [7, 11) is 0. The molecule has 1 aliphatic heterocycles. The van der Waals surface area contributed by atoms with Crippen LogP contribution in [0.25, 0.3) is 0 Å². The molecule has 1 heterocycles. The normalized spacial score (nSPS) is 27.5. The van der Waals surface area contributed by atoms with Crippen molar-refractivity contribution in [3.8, 4) is 0 Å². The standard InChI is InChI=1S/C18H31N3O3/c1-5-11-19-14(22)12-21-15(23)18(20-16(21)24)9-7-13(8-10-18)17(3,4)6-2/h13H,5-12H2,1-4H3,(H,19,22)(H,20,24). The summed E-state index contributed by atoms with van der Waals surface area (Å²) in [6, 6.07) is -0.431. The summed E-state index contributed by atoms with van der Waals surface area (Å²) in [6.07, 6.45) is 5.13. The molecule has 0 aromatic carbocycles. The van der Waals surface area contributed by atoms with E-state index < -0.39 is 11.6 Å². The van der Waals surface area contributed by atoms with Crippen molar-refractivity contribution >= 4 is 17.8 Å². The molecule has 1 saturated heterocycles. The molecule has 2 rings (SSSR count). The third-order valence-corrected chi connectivity index (χ3v) is 5.98. The molecule has 2 fully saturated rings. The van der Waals surface area contributed by atoms with Crippen molar-refractivity contribution in [2.45, 2.75) is 71.8 Å². The summed E-state index contributed by atoms with van der Waals surface area (Å²) in [4.78, 5) is 37.9. The molecule has 6 heteroatoms. The molecule has 0 unspecified atom stereocenters. The zero-order chi connectivity index (χ0) is 18.0. The molecule has 1 spiro atoms. The molecular weight excluding hydrogens is 306 g/mol. The molecule has 4 amide bonds. The van der Waals surface area contributed by atoms with Crippen LogP contribution in [0.3, 0.4) is 0 Å². The minimum absolute atomic E-state index is 0.184. The molecule has 0 bridgehead atoms. The summed E-state index contributed by atoms with van der Waals surface area (Å²) in [5.41, 5.74) is -0.532. The first kappa shape index (κ1) is 18.7. The zero-order valence-corrected chi connectivity index (χ0v) is 15.4. The van der Waals surface area contributed by atoms with Gasteiger partial charge < -0.3 is 10.6 Å². The zero-order valence-electron chi connectivity index (χ0n) is 15.4. The molecule has 0 aromatic rings. The lowest BCUT2D eigenvalue weighted by molar-refractivity contribution is -0.136. The van der Waals surface area contributed by atoms with Crippen molar-refractivity contribution in [3.63, 3.8) is 0 Å². The first-order valence-electron chi connectivity index (χ1n) is 9.16. The summed E-state index contributed by atoms with van der Waals surface area (Å²) >= 11 is 0. The van der Waals surface area contributed by atoms with E-state index in [4.69, 9.17) is 0 Å². The van der Waals surface area contributed by atoms with Crippen LogP contribution in [0.15, 0.2) is 0 Å². The number of urea groups is 1. The minimum Gasteiger partial charge on any atom is -0.355 e. The predicted octanol–water partition coefficient (Wildman–Crippen LogP) is 2.43. The van der Waals surface area contributed by atoms with Gasteiger partial charge >= 0.3 is 6.03 Å². The van der Waals surface area contributed by atoms with E-state index in [1.54, 1.807) is 0 Å². The van der Waals surface area contributed by atoms with Crippen molar-refractivity contribution in [1.29, 1.82) is 0 Å². The highest BCUT2D eigenvalue weighted by atomic mass is 16.2. The molecule has 2 aliphatic rings.